The Hall–Kier alpha value is -2.12. The number of esters is 2. The minimum Gasteiger partial charge on any atom is -0.480 e. The summed E-state index contributed by atoms with van der Waals surface area (Å²) in [7, 11) is 0. The van der Waals surface area contributed by atoms with Crippen molar-refractivity contribution in [3.63, 3.8) is 0 Å². The fourth-order valence-electron chi connectivity index (χ4n) is 9.85. The largest absolute Gasteiger partial charge is 0.480 e. The van der Waals surface area contributed by atoms with Crippen LogP contribution in [-0.2, 0) is 28.7 Å². The molecule has 0 spiro atoms. The van der Waals surface area contributed by atoms with Crippen molar-refractivity contribution in [3.05, 3.63) is 0 Å². The van der Waals surface area contributed by atoms with Gasteiger partial charge in [-0.25, -0.2) is 0 Å². The van der Waals surface area contributed by atoms with E-state index in [9.17, 15) is 19.2 Å². The molecule has 42 heavy (non-hydrogen) atoms. The third-order valence-corrected chi connectivity index (χ3v) is 12.7. The van der Waals surface area contributed by atoms with Crippen LogP contribution in [0.2, 0.25) is 0 Å². The molecule has 8 unspecified atom stereocenters. The van der Waals surface area contributed by atoms with Crippen molar-refractivity contribution in [1.82, 2.24) is 5.32 Å². The molecule has 4 rings (SSSR count). The van der Waals surface area contributed by atoms with E-state index < -0.39 is 11.4 Å². The molecule has 8 nitrogen and oxygen atoms in total. The molecule has 0 heterocycles. The Bertz CT molecular complexity index is 1040. The highest BCUT2D eigenvalue weighted by Crippen LogP contribution is 2.69. The van der Waals surface area contributed by atoms with Gasteiger partial charge < -0.3 is 19.9 Å². The van der Waals surface area contributed by atoms with Gasteiger partial charge in [0.05, 0.1) is 5.41 Å². The lowest BCUT2D eigenvalue weighted by molar-refractivity contribution is -0.199. The summed E-state index contributed by atoms with van der Waals surface area (Å²) >= 11 is 0. The first kappa shape index (κ1) is 32.8. The first-order chi connectivity index (χ1) is 19.6. The summed E-state index contributed by atoms with van der Waals surface area (Å²) in [5.74, 6) is 0.891. The summed E-state index contributed by atoms with van der Waals surface area (Å²) < 4.78 is 12.3. The van der Waals surface area contributed by atoms with Crippen molar-refractivity contribution in [2.75, 3.05) is 6.54 Å². The van der Waals surface area contributed by atoms with E-state index in [-0.39, 0.29) is 47.4 Å². The third-order valence-electron chi connectivity index (χ3n) is 12.7. The van der Waals surface area contributed by atoms with Crippen molar-refractivity contribution in [1.29, 1.82) is 0 Å². The van der Waals surface area contributed by atoms with Crippen molar-refractivity contribution in [2.45, 2.75) is 131 Å². The van der Waals surface area contributed by atoms with E-state index in [2.05, 4.69) is 26.1 Å². The van der Waals surface area contributed by atoms with Gasteiger partial charge in [0.25, 0.3) is 0 Å². The molecule has 0 aromatic rings. The zero-order valence-electron chi connectivity index (χ0n) is 27.0. The van der Waals surface area contributed by atoms with Gasteiger partial charge in [-0.1, -0.05) is 27.7 Å². The number of rotatable bonds is 10. The Morgan fingerprint density at radius 2 is 1.64 bits per heavy atom. The average molecular weight is 590 g/mol. The molecule has 0 bridgehead atoms. The molecule has 0 saturated heterocycles. The molecular weight excluding hydrogens is 534 g/mol. The maximum Gasteiger partial charge on any atom is 0.322 e. The number of carboxylic acids is 1. The first-order valence-electron chi connectivity index (χ1n) is 16.5. The number of hydrogen-bond donors (Lipinski definition) is 2. The van der Waals surface area contributed by atoms with Crippen LogP contribution in [0.1, 0.15) is 119 Å². The normalized spacial score (nSPS) is 38.3. The molecule has 2 N–H and O–H groups in total. The van der Waals surface area contributed by atoms with E-state index in [4.69, 9.17) is 14.6 Å². The monoisotopic (exact) mass is 589 g/mol. The highest BCUT2D eigenvalue weighted by Gasteiger charge is 2.64. The molecule has 0 radical (unpaired) electrons. The SMILES string of the molecule is CCC(C)(C)C(=O)OC1CC[C@@]2(C)C(C1)CC(OC(C)=O)C1C3CCC(C(C)CCC(=O)NCC(=O)O)[C@@]3(C)CCC12. The van der Waals surface area contributed by atoms with E-state index in [1.807, 2.05) is 20.8 Å². The standard InChI is InChI=1S/C34H55NO7/c1-8-32(4,5)31(40)42-23-13-15-33(6)22(17-23)18-27(41-21(3)36)30-25-11-10-24(34(25,7)16-14-26(30)33)20(2)9-12-28(37)35-19-29(38)39/h20,22-27,30H,8-19H2,1-7H3,(H,35,37)(H,38,39)/t20?,22?,23?,24?,25?,26?,27?,30?,33-,34+/m0/s1. The number of hydrogen-bond acceptors (Lipinski definition) is 6. The molecule has 0 aromatic carbocycles. The molecule has 1 amide bonds. The summed E-state index contributed by atoms with van der Waals surface area (Å²) in [5.41, 5.74) is -0.221. The van der Waals surface area contributed by atoms with Crippen LogP contribution in [-0.4, -0.2) is 47.7 Å². The van der Waals surface area contributed by atoms with Gasteiger partial charge in [-0.15, -0.1) is 0 Å². The molecule has 8 heteroatoms. The number of fused-ring (bicyclic) bond motifs is 5. The molecular formula is C34H55NO7. The maximum absolute atomic E-state index is 12.9. The molecule has 10 atom stereocenters. The van der Waals surface area contributed by atoms with Gasteiger partial charge in [-0.2, -0.15) is 0 Å². The number of amides is 1. The smallest absolute Gasteiger partial charge is 0.322 e. The van der Waals surface area contributed by atoms with Crippen LogP contribution >= 0.6 is 0 Å². The van der Waals surface area contributed by atoms with Crippen molar-refractivity contribution in [2.24, 2.45) is 51.8 Å². The van der Waals surface area contributed by atoms with Gasteiger partial charge in [0.15, 0.2) is 0 Å². The molecule has 0 aliphatic heterocycles. The summed E-state index contributed by atoms with van der Waals surface area (Å²) in [6.45, 7) is 14.3. The van der Waals surface area contributed by atoms with Crippen LogP contribution in [0.4, 0.5) is 0 Å². The van der Waals surface area contributed by atoms with Crippen LogP contribution < -0.4 is 5.32 Å². The summed E-state index contributed by atoms with van der Waals surface area (Å²) in [6, 6.07) is 0. The number of carbonyl (C=O) groups is 4. The lowest BCUT2D eigenvalue weighted by Gasteiger charge is -2.62. The number of carboxylic acid groups (broad SMARTS) is 1. The van der Waals surface area contributed by atoms with Gasteiger partial charge in [-0.05, 0) is 118 Å². The maximum atomic E-state index is 12.9. The highest BCUT2D eigenvalue weighted by molar-refractivity contribution is 5.81. The van der Waals surface area contributed by atoms with Gasteiger partial charge in [0.1, 0.15) is 18.8 Å². The van der Waals surface area contributed by atoms with Crippen LogP contribution in [0.3, 0.4) is 0 Å². The van der Waals surface area contributed by atoms with E-state index in [0.717, 1.165) is 64.2 Å². The van der Waals surface area contributed by atoms with E-state index >= 15 is 0 Å². The predicted molar refractivity (Wildman–Crippen MR) is 159 cm³/mol. The number of nitrogens with one attached hydrogen (secondary N) is 1. The Morgan fingerprint density at radius 1 is 0.976 bits per heavy atom. The van der Waals surface area contributed by atoms with Gasteiger partial charge in [0, 0.05) is 19.3 Å². The summed E-state index contributed by atoms with van der Waals surface area (Å²) in [5, 5.41) is 11.4. The molecule has 4 fully saturated rings. The van der Waals surface area contributed by atoms with Crippen LogP contribution in [0, 0.1) is 51.8 Å². The highest BCUT2D eigenvalue weighted by atomic mass is 16.5. The van der Waals surface area contributed by atoms with Gasteiger partial charge >= 0.3 is 17.9 Å². The first-order valence-corrected chi connectivity index (χ1v) is 16.5. The Kier molecular flexibility index (Phi) is 9.74. The second-order valence-corrected chi connectivity index (χ2v) is 15.3. The van der Waals surface area contributed by atoms with Gasteiger partial charge in [-0.3, -0.25) is 19.2 Å². The molecule has 4 saturated carbocycles. The lowest BCUT2D eigenvalue weighted by Crippen LogP contribution is -2.59. The minimum absolute atomic E-state index is 0.0748. The van der Waals surface area contributed by atoms with Crippen molar-refractivity contribution < 1.29 is 33.8 Å². The van der Waals surface area contributed by atoms with Crippen molar-refractivity contribution in [3.8, 4) is 0 Å². The second kappa shape index (κ2) is 12.5. The summed E-state index contributed by atoms with van der Waals surface area (Å²) in [4.78, 5) is 48.3. The molecule has 4 aliphatic carbocycles. The number of ether oxygens (including phenoxy) is 2. The summed E-state index contributed by atoms with van der Waals surface area (Å²) in [6.07, 6.45) is 9.71. The zero-order valence-corrected chi connectivity index (χ0v) is 27.0. The van der Waals surface area contributed by atoms with Gasteiger partial charge in [0.2, 0.25) is 5.91 Å². The fourth-order valence-corrected chi connectivity index (χ4v) is 9.85. The second-order valence-electron chi connectivity index (χ2n) is 15.3. The van der Waals surface area contributed by atoms with E-state index in [0.29, 0.717) is 41.9 Å². The number of aliphatic carboxylic acids is 1. The Labute approximate surface area is 252 Å². The quantitative estimate of drug-likeness (QED) is 0.293. The minimum atomic E-state index is -1.03. The third kappa shape index (κ3) is 6.38. The predicted octanol–water partition coefficient (Wildman–Crippen LogP) is 6.15. The van der Waals surface area contributed by atoms with Crippen LogP contribution in [0.15, 0.2) is 0 Å². The van der Waals surface area contributed by atoms with E-state index in [1.54, 1.807) is 0 Å². The van der Waals surface area contributed by atoms with E-state index in [1.165, 1.54) is 6.92 Å². The Balaban J connectivity index is 1.49. The lowest BCUT2D eigenvalue weighted by atomic mass is 9.43. The van der Waals surface area contributed by atoms with Crippen LogP contribution in [0.25, 0.3) is 0 Å². The molecule has 4 aliphatic rings. The van der Waals surface area contributed by atoms with Crippen molar-refractivity contribution >= 4 is 23.8 Å². The Morgan fingerprint density at radius 3 is 2.29 bits per heavy atom. The number of carbonyl (C=O) groups excluding carboxylic acids is 3. The molecule has 238 valence electrons. The molecule has 0 aromatic heterocycles. The zero-order chi connectivity index (χ0) is 31.0. The van der Waals surface area contributed by atoms with Crippen LogP contribution in [0.5, 0.6) is 0 Å². The fraction of sp³-hybridized carbons (Fsp3) is 0.882. The topological polar surface area (TPSA) is 119 Å². The average Bonchev–Trinajstić information content (AvgIpc) is 3.28.